The Hall–Kier alpha value is -1.36. The smallest absolute Gasteiger partial charge is 0.303 e. The van der Waals surface area contributed by atoms with Crippen molar-refractivity contribution in [2.45, 2.75) is 13.3 Å². The average molecular weight is 570 g/mol. The van der Waals surface area contributed by atoms with Gasteiger partial charge in [-0.1, -0.05) is 12.6 Å². The molecular formula is C17H22N3O4U-. The van der Waals surface area contributed by atoms with Gasteiger partial charge in [-0.25, -0.2) is 0 Å². The summed E-state index contributed by atoms with van der Waals surface area (Å²) in [5.74, 6) is -1.25. The van der Waals surface area contributed by atoms with Gasteiger partial charge in [0.05, 0.1) is 13.1 Å². The molecule has 0 spiro atoms. The molecule has 1 saturated heterocycles. The summed E-state index contributed by atoms with van der Waals surface area (Å²) < 4.78 is 0. The van der Waals surface area contributed by atoms with Crippen molar-refractivity contribution in [3.63, 3.8) is 0 Å². The fourth-order valence-electron chi connectivity index (χ4n) is 2.60. The molecule has 134 valence electrons. The number of benzene rings is 1. The van der Waals surface area contributed by atoms with E-state index in [1.165, 1.54) is 0 Å². The van der Waals surface area contributed by atoms with Gasteiger partial charge in [-0.15, -0.1) is 6.07 Å². The number of rotatable bonds is 7. The number of aliphatic carboxylic acids is 1. The predicted molar refractivity (Wildman–Crippen MR) is 88.5 cm³/mol. The first-order valence-electron chi connectivity index (χ1n) is 7.93. The van der Waals surface area contributed by atoms with E-state index in [-0.39, 0.29) is 68.4 Å². The molecule has 1 aromatic rings. The van der Waals surface area contributed by atoms with Crippen LogP contribution >= 0.6 is 0 Å². The number of piperazine rings is 1. The van der Waals surface area contributed by atoms with E-state index < -0.39 is 5.97 Å². The molecule has 1 atom stereocenters. The number of hydrogen-bond donors (Lipinski definition) is 2. The second kappa shape index (κ2) is 10.6. The molecule has 7 nitrogen and oxygen atoms in total. The number of carboxylic acid groups (broad SMARTS) is 1. The van der Waals surface area contributed by atoms with Crippen molar-refractivity contribution >= 4 is 23.5 Å². The Morgan fingerprint density at radius 1 is 1.40 bits per heavy atom. The largest absolute Gasteiger partial charge is 0.481 e. The van der Waals surface area contributed by atoms with Gasteiger partial charge in [-0.05, 0) is 5.92 Å². The summed E-state index contributed by atoms with van der Waals surface area (Å²) in [7, 11) is 0. The van der Waals surface area contributed by atoms with Crippen LogP contribution in [0.5, 0.6) is 0 Å². The van der Waals surface area contributed by atoms with Gasteiger partial charge >= 0.3 is 5.97 Å². The van der Waals surface area contributed by atoms with E-state index >= 15 is 0 Å². The molecule has 1 unspecified atom stereocenters. The number of hydrogen-bond acceptors (Lipinski definition) is 4. The molecule has 8 heteroatoms. The van der Waals surface area contributed by atoms with Crippen LogP contribution in [0.2, 0.25) is 0 Å². The normalized spacial score (nSPS) is 16.0. The molecule has 0 saturated carbocycles. The third-order valence-electron chi connectivity index (χ3n) is 3.84. The van der Waals surface area contributed by atoms with Crippen LogP contribution in [0.3, 0.4) is 0 Å². The Labute approximate surface area is 171 Å². The summed E-state index contributed by atoms with van der Waals surface area (Å²) in [6, 6.07) is 10.2. The molecule has 1 aliphatic rings. The van der Waals surface area contributed by atoms with Crippen LogP contribution in [-0.4, -0.2) is 60.5 Å². The van der Waals surface area contributed by atoms with Crippen molar-refractivity contribution in [2.75, 3.05) is 37.6 Å². The number of anilines is 1. The number of carboxylic acids is 1. The van der Waals surface area contributed by atoms with Crippen LogP contribution < -0.4 is 10.2 Å². The minimum absolute atomic E-state index is 0. The van der Waals surface area contributed by atoms with Gasteiger partial charge < -0.3 is 15.3 Å². The van der Waals surface area contributed by atoms with Gasteiger partial charge in [-0.3, -0.25) is 19.3 Å². The van der Waals surface area contributed by atoms with Crippen LogP contribution in [0.25, 0.3) is 0 Å². The van der Waals surface area contributed by atoms with E-state index in [0.717, 1.165) is 5.69 Å². The predicted octanol–water partition coefficient (Wildman–Crippen LogP) is 0.362. The number of carbonyl (C=O) groups excluding carboxylic acids is 2. The van der Waals surface area contributed by atoms with E-state index in [9.17, 15) is 14.4 Å². The Morgan fingerprint density at radius 3 is 2.76 bits per heavy atom. The van der Waals surface area contributed by atoms with Gasteiger partial charge in [0.1, 0.15) is 0 Å². The van der Waals surface area contributed by atoms with Crippen LogP contribution in [0.4, 0.5) is 5.69 Å². The molecule has 25 heavy (non-hydrogen) atoms. The zero-order valence-electron chi connectivity index (χ0n) is 14.2. The zero-order chi connectivity index (χ0) is 17.5. The second-order valence-electron chi connectivity index (χ2n) is 6.02. The van der Waals surface area contributed by atoms with Crippen molar-refractivity contribution < 1.29 is 50.6 Å². The number of amides is 2. The zero-order valence-corrected chi connectivity index (χ0v) is 18.4. The minimum Gasteiger partial charge on any atom is -0.481 e. The number of carbonyl (C=O) groups is 3. The Bertz CT molecular complexity index is 597. The van der Waals surface area contributed by atoms with E-state index in [0.29, 0.717) is 19.6 Å². The van der Waals surface area contributed by atoms with Crippen molar-refractivity contribution in [1.82, 2.24) is 10.2 Å². The third kappa shape index (κ3) is 7.19. The summed E-state index contributed by atoms with van der Waals surface area (Å²) in [6.45, 7) is 3.55. The molecule has 2 rings (SSSR count). The van der Waals surface area contributed by atoms with Gasteiger partial charge in [0, 0.05) is 57.2 Å². The fraction of sp³-hybridized carbons (Fsp3) is 0.471. The van der Waals surface area contributed by atoms with Gasteiger partial charge in [0.2, 0.25) is 11.8 Å². The summed E-state index contributed by atoms with van der Waals surface area (Å²) >= 11 is 0. The first-order valence-corrected chi connectivity index (χ1v) is 7.93. The summed E-state index contributed by atoms with van der Waals surface area (Å²) in [5, 5.41) is 11.4. The van der Waals surface area contributed by atoms with Crippen LogP contribution in [0.15, 0.2) is 24.3 Å². The molecule has 0 aromatic heterocycles. The minimum atomic E-state index is -0.878. The summed E-state index contributed by atoms with van der Waals surface area (Å²) in [4.78, 5) is 38.3. The molecule has 1 aromatic carbocycles. The number of nitrogens with one attached hydrogen (secondary N) is 1. The van der Waals surface area contributed by atoms with Crippen molar-refractivity contribution in [3.05, 3.63) is 30.3 Å². The monoisotopic (exact) mass is 570 g/mol. The quantitative estimate of drug-likeness (QED) is 0.463. The van der Waals surface area contributed by atoms with Gasteiger partial charge in [-0.2, -0.15) is 24.3 Å². The first kappa shape index (κ1) is 21.7. The maximum atomic E-state index is 12.2. The summed E-state index contributed by atoms with van der Waals surface area (Å²) in [6.07, 6.45) is 0.0194. The maximum absolute atomic E-state index is 12.2. The molecule has 1 heterocycles. The third-order valence-corrected chi connectivity index (χ3v) is 3.84. The van der Waals surface area contributed by atoms with Crippen molar-refractivity contribution in [3.8, 4) is 0 Å². The second-order valence-corrected chi connectivity index (χ2v) is 6.02. The topological polar surface area (TPSA) is 90.0 Å². The van der Waals surface area contributed by atoms with E-state index in [2.05, 4.69) is 11.4 Å². The van der Waals surface area contributed by atoms with Crippen LogP contribution in [-0.2, 0) is 14.4 Å². The molecule has 0 aliphatic carbocycles. The standard InChI is InChI=1S/C17H22N3O4.U/c1-13(9-17(23)24)10-18-15(21)11-19-7-8-20(16(22)12-19)14-5-3-2-4-6-14;/h2-3,5-6,13H,7-12H2,1H3,(H,18,21)(H,23,24);/q-1;. The molecule has 1 fully saturated rings. The SMILES string of the molecule is CC(CNC(=O)CN1CCN(c2c[c-]ccc2)C(=O)C1)CC(=O)O.[U]. The van der Waals surface area contributed by atoms with Crippen LogP contribution in [0, 0.1) is 43.1 Å². The van der Waals surface area contributed by atoms with E-state index in [1.54, 1.807) is 28.9 Å². The first-order chi connectivity index (χ1) is 11.5. The van der Waals surface area contributed by atoms with Crippen LogP contribution in [0.1, 0.15) is 13.3 Å². The van der Waals surface area contributed by atoms with Gasteiger partial charge in [0.15, 0.2) is 0 Å². The van der Waals surface area contributed by atoms with E-state index in [1.807, 2.05) is 12.1 Å². The van der Waals surface area contributed by atoms with Crippen molar-refractivity contribution in [2.24, 2.45) is 5.92 Å². The maximum Gasteiger partial charge on any atom is 0.303 e. The van der Waals surface area contributed by atoms with Gasteiger partial charge in [0.25, 0.3) is 0 Å². The molecule has 2 N–H and O–H groups in total. The number of nitrogens with zero attached hydrogens (tertiary/aromatic N) is 2. The van der Waals surface area contributed by atoms with E-state index in [4.69, 9.17) is 5.11 Å². The summed E-state index contributed by atoms with van der Waals surface area (Å²) in [5.41, 5.74) is 0.814. The Kier molecular flexibility index (Phi) is 9.19. The molecule has 1 aliphatic heterocycles. The molecule has 0 radical (unpaired) electrons. The Morgan fingerprint density at radius 2 is 2.16 bits per heavy atom. The Balaban J connectivity index is 0.00000312. The average Bonchev–Trinajstić information content (AvgIpc) is 2.53. The van der Waals surface area contributed by atoms with Crippen molar-refractivity contribution in [1.29, 1.82) is 0 Å². The fourth-order valence-corrected chi connectivity index (χ4v) is 2.60. The molecule has 0 bridgehead atoms. The molecule has 2 amide bonds. The molecular weight excluding hydrogens is 548 g/mol.